The molecule has 2 aromatic rings. The number of pyridine rings is 1. The van der Waals surface area contributed by atoms with Gasteiger partial charge in [0.25, 0.3) is 0 Å². The second kappa shape index (κ2) is 6.48. The Morgan fingerprint density at radius 1 is 1.30 bits per heavy atom. The molecule has 0 spiro atoms. The highest BCUT2D eigenvalue weighted by molar-refractivity contribution is 5.94. The predicted octanol–water partition coefficient (Wildman–Crippen LogP) is 2.71. The van der Waals surface area contributed by atoms with Crippen LogP contribution in [-0.4, -0.2) is 10.9 Å². The number of carbonyl (C=O) groups is 1. The van der Waals surface area contributed by atoms with Gasteiger partial charge in [-0.05, 0) is 31.2 Å². The highest BCUT2D eigenvalue weighted by atomic mass is 16.1. The lowest BCUT2D eigenvalue weighted by Crippen LogP contribution is -2.23. The molecule has 1 N–H and O–H groups in total. The molecule has 2 rings (SSSR count). The summed E-state index contributed by atoms with van der Waals surface area (Å²) in [6.45, 7) is 1.98. The highest BCUT2D eigenvalue weighted by Crippen LogP contribution is 2.12. The fraction of sp³-hybridized carbons (Fsp3) is 0.188. The third kappa shape index (κ3) is 3.66. The summed E-state index contributed by atoms with van der Waals surface area (Å²) in [6.07, 6.45) is 1.97. The Labute approximate surface area is 118 Å². The topological polar surface area (TPSA) is 65.8 Å². The number of nitrogens with one attached hydrogen (secondary N) is 1. The molecule has 0 fully saturated rings. The van der Waals surface area contributed by atoms with E-state index < -0.39 is 5.92 Å². The molecule has 0 bridgehead atoms. The number of nitrogens with zero attached hydrogens (tertiary/aromatic N) is 2. The zero-order valence-corrected chi connectivity index (χ0v) is 11.2. The Bertz CT molecular complexity index is 614. The predicted molar refractivity (Wildman–Crippen MR) is 76.9 cm³/mol. The maximum Gasteiger partial charge on any atom is 0.242 e. The summed E-state index contributed by atoms with van der Waals surface area (Å²) in [5, 5.41) is 11.9. The zero-order chi connectivity index (χ0) is 14.4. The van der Waals surface area contributed by atoms with Crippen molar-refractivity contribution >= 4 is 11.6 Å². The molecule has 1 heterocycles. The smallest absolute Gasteiger partial charge is 0.242 e. The molecule has 100 valence electrons. The first-order chi connectivity index (χ1) is 9.69. The number of aryl methyl sites for hydroxylation is 1. The summed E-state index contributed by atoms with van der Waals surface area (Å²) in [6, 6.07) is 15.0. The monoisotopic (exact) mass is 265 g/mol. The number of hydrogen-bond donors (Lipinski definition) is 1. The lowest BCUT2D eigenvalue weighted by molar-refractivity contribution is -0.118. The zero-order valence-electron chi connectivity index (χ0n) is 11.2. The van der Waals surface area contributed by atoms with E-state index in [0.29, 0.717) is 12.1 Å². The number of nitriles is 1. The van der Waals surface area contributed by atoms with Gasteiger partial charge in [0.15, 0.2) is 0 Å². The van der Waals surface area contributed by atoms with Crippen molar-refractivity contribution in [3.63, 3.8) is 0 Å². The SMILES string of the molecule is Cc1ccc(NC(=O)C(C#N)Cc2ccccn2)cc1. The minimum atomic E-state index is -0.744. The first-order valence-corrected chi connectivity index (χ1v) is 6.36. The molecule has 1 aromatic carbocycles. The molecule has 0 aliphatic carbocycles. The second-order valence-corrected chi connectivity index (χ2v) is 4.56. The summed E-state index contributed by atoms with van der Waals surface area (Å²) < 4.78 is 0. The second-order valence-electron chi connectivity index (χ2n) is 4.56. The van der Waals surface area contributed by atoms with Gasteiger partial charge < -0.3 is 5.32 Å². The number of benzene rings is 1. The van der Waals surface area contributed by atoms with Crippen molar-refractivity contribution in [2.24, 2.45) is 5.92 Å². The van der Waals surface area contributed by atoms with Crippen LogP contribution in [-0.2, 0) is 11.2 Å². The first-order valence-electron chi connectivity index (χ1n) is 6.36. The van der Waals surface area contributed by atoms with Gasteiger partial charge in [0.1, 0.15) is 5.92 Å². The third-order valence-corrected chi connectivity index (χ3v) is 2.93. The van der Waals surface area contributed by atoms with E-state index in [4.69, 9.17) is 5.26 Å². The molecule has 20 heavy (non-hydrogen) atoms. The Hall–Kier alpha value is -2.67. The fourth-order valence-corrected chi connectivity index (χ4v) is 1.79. The number of carbonyl (C=O) groups excluding carboxylic acids is 1. The number of rotatable bonds is 4. The minimum absolute atomic E-state index is 0.304. The van der Waals surface area contributed by atoms with Crippen molar-refractivity contribution in [3.05, 3.63) is 59.9 Å². The van der Waals surface area contributed by atoms with Crippen LogP contribution < -0.4 is 5.32 Å². The number of aromatic nitrogens is 1. The molecule has 4 heteroatoms. The van der Waals surface area contributed by atoms with Crippen molar-refractivity contribution in [1.29, 1.82) is 5.26 Å². The van der Waals surface area contributed by atoms with E-state index in [1.807, 2.05) is 49.4 Å². The van der Waals surface area contributed by atoms with Crippen LogP contribution in [0.15, 0.2) is 48.7 Å². The van der Waals surface area contributed by atoms with Crippen LogP contribution >= 0.6 is 0 Å². The van der Waals surface area contributed by atoms with Crippen LogP contribution in [0.1, 0.15) is 11.3 Å². The van der Waals surface area contributed by atoms with Crippen LogP contribution in [0.25, 0.3) is 0 Å². The molecule has 1 amide bonds. The lowest BCUT2D eigenvalue weighted by atomic mass is 10.0. The molecule has 1 atom stereocenters. The van der Waals surface area contributed by atoms with Crippen LogP contribution in [0, 0.1) is 24.2 Å². The van der Waals surface area contributed by atoms with E-state index in [2.05, 4.69) is 10.3 Å². The molecule has 0 aliphatic heterocycles. The van der Waals surface area contributed by atoms with Crippen molar-refractivity contribution in [1.82, 2.24) is 4.98 Å². The number of anilines is 1. The van der Waals surface area contributed by atoms with Gasteiger partial charge in [-0.25, -0.2) is 0 Å². The normalized spacial score (nSPS) is 11.4. The maximum absolute atomic E-state index is 12.1. The number of hydrogen-bond acceptors (Lipinski definition) is 3. The maximum atomic E-state index is 12.1. The van der Waals surface area contributed by atoms with Crippen LogP contribution in [0.4, 0.5) is 5.69 Å². The average molecular weight is 265 g/mol. The van der Waals surface area contributed by atoms with E-state index in [9.17, 15) is 4.79 Å². The van der Waals surface area contributed by atoms with Gasteiger partial charge in [0.05, 0.1) is 6.07 Å². The van der Waals surface area contributed by atoms with Gasteiger partial charge in [-0.3, -0.25) is 9.78 Å². The Kier molecular flexibility index (Phi) is 4.46. The Morgan fingerprint density at radius 2 is 2.05 bits per heavy atom. The molecule has 1 aromatic heterocycles. The molecular formula is C16H15N3O. The van der Waals surface area contributed by atoms with Crippen LogP contribution in [0.3, 0.4) is 0 Å². The van der Waals surface area contributed by atoms with E-state index in [-0.39, 0.29) is 5.91 Å². The van der Waals surface area contributed by atoms with Crippen LogP contribution in [0.5, 0.6) is 0 Å². The number of amides is 1. The summed E-state index contributed by atoms with van der Waals surface area (Å²) in [4.78, 5) is 16.2. The average Bonchev–Trinajstić information content (AvgIpc) is 2.48. The molecule has 4 nitrogen and oxygen atoms in total. The summed E-state index contributed by atoms with van der Waals surface area (Å²) in [5.41, 5.74) is 2.55. The molecule has 0 aliphatic rings. The molecular weight excluding hydrogens is 250 g/mol. The van der Waals surface area contributed by atoms with Gasteiger partial charge in [0.2, 0.25) is 5.91 Å². The highest BCUT2D eigenvalue weighted by Gasteiger charge is 2.19. The lowest BCUT2D eigenvalue weighted by Gasteiger charge is -2.10. The molecule has 0 radical (unpaired) electrons. The van der Waals surface area contributed by atoms with Crippen molar-refractivity contribution in [2.75, 3.05) is 5.32 Å². The quantitative estimate of drug-likeness (QED) is 0.924. The van der Waals surface area contributed by atoms with E-state index in [1.165, 1.54) is 0 Å². The molecule has 0 saturated carbocycles. The minimum Gasteiger partial charge on any atom is -0.325 e. The summed E-state index contributed by atoms with van der Waals surface area (Å²) >= 11 is 0. The Morgan fingerprint density at radius 3 is 2.65 bits per heavy atom. The standard InChI is InChI=1S/C16H15N3O/c1-12-5-7-14(8-6-12)19-16(20)13(11-17)10-15-4-2-3-9-18-15/h2-9,13H,10H2,1H3,(H,19,20). The van der Waals surface area contributed by atoms with E-state index in [0.717, 1.165) is 11.3 Å². The van der Waals surface area contributed by atoms with Gasteiger partial charge in [-0.15, -0.1) is 0 Å². The fourth-order valence-electron chi connectivity index (χ4n) is 1.79. The van der Waals surface area contributed by atoms with Gasteiger partial charge in [-0.1, -0.05) is 23.8 Å². The first kappa shape index (κ1) is 13.8. The Balaban J connectivity index is 2.03. The summed E-state index contributed by atoms with van der Waals surface area (Å²) in [5.74, 6) is -1.05. The van der Waals surface area contributed by atoms with E-state index in [1.54, 1.807) is 12.3 Å². The van der Waals surface area contributed by atoms with Crippen LogP contribution in [0.2, 0.25) is 0 Å². The van der Waals surface area contributed by atoms with Gasteiger partial charge in [-0.2, -0.15) is 5.26 Å². The third-order valence-electron chi connectivity index (χ3n) is 2.93. The molecule has 0 saturated heterocycles. The van der Waals surface area contributed by atoms with Crippen molar-refractivity contribution in [2.45, 2.75) is 13.3 Å². The largest absolute Gasteiger partial charge is 0.325 e. The van der Waals surface area contributed by atoms with Gasteiger partial charge >= 0.3 is 0 Å². The van der Waals surface area contributed by atoms with Gasteiger partial charge in [0, 0.05) is 24.0 Å². The van der Waals surface area contributed by atoms with Crippen molar-refractivity contribution < 1.29 is 4.79 Å². The van der Waals surface area contributed by atoms with Crippen molar-refractivity contribution in [3.8, 4) is 6.07 Å². The van der Waals surface area contributed by atoms with E-state index >= 15 is 0 Å². The summed E-state index contributed by atoms with van der Waals surface area (Å²) in [7, 11) is 0. The molecule has 1 unspecified atom stereocenters.